The first-order valence-corrected chi connectivity index (χ1v) is 12.5. The van der Waals surface area contributed by atoms with E-state index in [2.05, 4.69) is 22.1 Å². The summed E-state index contributed by atoms with van der Waals surface area (Å²) in [4.78, 5) is 22.1. The van der Waals surface area contributed by atoms with Gasteiger partial charge in [-0.3, -0.25) is 0 Å². The quantitative estimate of drug-likeness (QED) is 0.634. The minimum absolute atomic E-state index is 0.0478. The highest BCUT2D eigenvalue weighted by atomic mass is 16.6. The molecule has 2 aromatic rings. The van der Waals surface area contributed by atoms with Crippen molar-refractivity contribution >= 4 is 22.7 Å². The van der Waals surface area contributed by atoms with Crippen molar-refractivity contribution in [2.75, 3.05) is 26.3 Å². The van der Waals surface area contributed by atoms with Gasteiger partial charge in [-0.2, -0.15) is 5.26 Å². The number of ether oxygens (including phenoxy) is 3. The predicted octanol–water partition coefficient (Wildman–Crippen LogP) is 5.21. The summed E-state index contributed by atoms with van der Waals surface area (Å²) < 4.78 is 17.1. The van der Waals surface area contributed by atoms with Gasteiger partial charge in [-0.25, -0.2) is 9.78 Å². The summed E-state index contributed by atoms with van der Waals surface area (Å²) in [6.45, 7) is 7.99. The Kier molecular flexibility index (Phi) is 6.59. The number of carbonyl (C=O) groups excluding carboxylic acids is 1. The number of hydrogen-bond acceptors (Lipinski definition) is 6. The van der Waals surface area contributed by atoms with Crippen LogP contribution < -0.4 is 0 Å². The van der Waals surface area contributed by atoms with Crippen LogP contribution in [0.5, 0.6) is 0 Å². The maximum atomic E-state index is 12.5. The first kappa shape index (κ1) is 24.1. The van der Waals surface area contributed by atoms with E-state index in [4.69, 9.17) is 14.2 Å². The lowest BCUT2D eigenvalue weighted by atomic mass is 9.88. The van der Waals surface area contributed by atoms with Crippen LogP contribution in [-0.4, -0.2) is 59.0 Å². The fraction of sp³-hybridized carbons (Fsp3) is 0.464. The number of nitrogens with zero attached hydrogens (tertiary/aromatic N) is 3. The van der Waals surface area contributed by atoms with E-state index in [1.54, 1.807) is 11.1 Å². The molecule has 0 spiro atoms. The minimum atomic E-state index is -0.528. The van der Waals surface area contributed by atoms with Crippen LogP contribution in [0.25, 0.3) is 16.6 Å². The van der Waals surface area contributed by atoms with Crippen molar-refractivity contribution in [2.45, 2.75) is 57.7 Å². The van der Waals surface area contributed by atoms with Crippen molar-refractivity contribution in [3.05, 3.63) is 59.1 Å². The van der Waals surface area contributed by atoms with Gasteiger partial charge in [0.15, 0.2) is 0 Å². The van der Waals surface area contributed by atoms with E-state index in [1.165, 1.54) is 0 Å². The number of fused-ring (bicyclic) bond motifs is 1. The number of carbonyl (C=O) groups is 1. The number of nitrogens with one attached hydrogen (secondary N) is 1. The van der Waals surface area contributed by atoms with Crippen LogP contribution in [0.4, 0.5) is 4.79 Å². The zero-order valence-corrected chi connectivity index (χ0v) is 21.0. The highest BCUT2D eigenvalue weighted by molar-refractivity contribution is 5.87. The number of nitriles is 1. The minimum Gasteiger partial charge on any atom is -0.489 e. The highest BCUT2D eigenvalue weighted by Gasteiger charge is 2.28. The molecule has 1 saturated heterocycles. The molecule has 2 aliphatic heterocycles. The molecule has 36 heavy (non-hydrogen) atoms. The number of rotatable bonds is 4. The first-order valence-electron chi connectivity index (χ1n) is 12.5. The van der Waals surface area contributed by atoms with Crippen molar-refractivity contribution < 1.29 is 19.0 Å². The third-order valence-electron chi connectivity index (χ3n) is 6.65. The van der Waals surface area contributed by atoms with Gasteiger partial charge in [-0.1, -0.05) is 12.2 Å². The third kappa shape index (κ3) is 5.17. The zero-order valence-electron chi connectivity index (χ0n) is 21.0. The van der Waals surface area contributed by atoms with E-state index in [0.29, 0.717) is 37.6 Å². The molecule has 1 aliphatic carbocycles. The summed E-state index contributed by atoms with van der Waals surface area (Å²) in [7, 11) is 0. The summed E-state index contributed by atoms with van der Waals surface area (Å²) in [5.41, 5.74) is 3.92. The average Bonchev–Trinajstić information content (AvgIpc) is 3.51. The number of amides is 1. The monoisotopic (exact) mass is 488 g/mol. The first-order chi connectivity index (χ1) is 17.3. The molecule has 3 aliphatic rings. The Morgan fingerprint density at radius 1 is 1.28 bits per heavy atom. The lowest BCUT2D eigenvalue weighted by Crippen LogP contribution is -2.35. The average molecular weight is 489 g/mol. The topological polar surface area (TPSA) is 100 Å². The summed E-state index contributed by atoms with van der Waals surface area (Å²) in [5.74, 6) is 0.728. The fourth-order valence-corrected chi connectivity index (χ4v) is 4.85. The number of pyridine rings is 1. The Morgan fingerprint density at radius 2 is 2.08 bits per heavy atom. The fourth-order valence-electron chi connectivity index (χ4n) is 4.85. The Morgan fingerprint density at radius 3 is 2.83 bits per heavy atom. The molecule has 5 rings (SSSR count). The molecule has 0 unspecified atom stereocenters. The van der Waals surface area contributed by atoms with E-state index >= 15 is 0 Å². The molecule has 1 N–H and O–H groups in total. The molecular weight excluding hydrogens is 456 g/mol. The smallest absolute Gasteiger partial charge is 0.410 e. The largest absolute Gasteiger partial charge is 0.489 e. The van der Waals surface area contributed by atoms with Gasteiger partial charge in [-0.15, -0.1) is 0 Å². The molecule has 8 nitrogen and oxygen atoms in total. The normalized spacial score (nSPS) is 21.0. The second-order valence-electron chi connectivity index (χ2n) is 10.5. The van der Waals surface area contributed by atoms with E-state index < -0.39 is 5.60 Å². The van der Waals surface area contributed by atoms with E-state index in [-0.39, 0.29) is 18.1 Å². The molecular formula is C28H32N4O4. The number of H-pyrrole nitrogens is 1. The van der Waals surface area contributed by atoms with E-state index in [1.807, 2.05) is 45.1 Å². The Balaban J connectivity index is 1.33. The molecule has 1 atom stereocenters. The summed E-state index contributed by atoms with van der Waals surface area (Å²) in [6, 6.07) is 6.44. The molecule has 4 heterocycles. The van der Waals surface area contributed by atoms with Crippen molar-refractivity contribution in [1.29, 1.82) is 5.26 Å². The van der Waals surface area contributed by atoms with Crippen LogP contribution in [0.2, 0.25) is 0 Å². The number of allylic oxidation sites excluding steroid dienone is 3. The van der Waals surface area contributed by atoms with Gasteiger partial charge in [0.25, 0.3) is 0 Å². The van der Waals surface area contributed by atoms with Crippen LogP contribution >= 0.6 is 0 Å². The molecule has 0 saturated carbocycles. The maximum absolute atomic E-state index is 12.5. The Hall–Kier alpha value is -3.57. The summed E-state index contributed by atoms with van der Waals surface area (Å²) in [5, 5.41) is 10.8. The number of aromatic amines is 1. The van der Waals surface area contributed by atoms with Crippen LogP contribution in [0.3, 0.4) is 0 Å². The third-order valence-corrected chi connectivity index (χ3v) is 6.65. The molecule has 0 radical (unpaired) electrons. The second-order valence-corrected chi connectivity index (χ2v) is 10.5. The van der Waals surface area contributed by atoms with Crippen LogP contribution in [-0.2, 0) is 14.2 Å². The summed E-state index contributed by atoms with van der Waals surface area (Å²) >= 11 is 0. The Bertz CT molecular complexity index is 1280. The van der Waals surface area contributed by atoms with Crippen molar-refractivity contribution in [3.8, 4) is 6.07 Å². The van der Waals surface area contributed by atoms with Crippen molar-refractivity contribution in [2.24, 2.45) is 0 Å². The van der Waals surface area contributed by atoms with Gasteiger partial charge in [-0.05, 0) is 56.5 Å². The lowest BCUT2D eigenvalue weighted by molar-refractivity contribution is -0.00185. The van der Waals surface area contributed by atoms with Gasteiger partial charge in [0, 0.05) is 42.6 Å². The Labute approximate surface area is 211 Å². The summed E-state index contributed by atoms with van der Waals surface area (Å²) in [6.07, 6.45) is 10.1. The number of hydrogen-bond donors (Lipinski definition) is 1. The van der Waals surface area contributed by atoms with Gasteiger partial charge in [0.2, 0.25) is 0 Å². The zero-order chi connectivity index (χ0) is 25.3. The van der Waals surface area contributed by atoms with Gasteiger partial charge >= 0.3 is 6.09 Å². The molecule has 188 valence electrons. The maximum Gasteiger partial charge on any atom is 0.410 e. The predicted molar refractivity (Wildman–Crippen MR) is 136 cm³/mol. The SMILES string of the molecule is CC(C)(C)OC(=O)N1CC=C(c2cc3c([C@H]4C=C(C#N)C(OC5CCOCC5)=CC4)ccnc3[nH]2)C1. The second kappa shape index (κ2) is 9.82. The van der Waals surface area contributed by atoms with Crippen molar-refractivity contribution in [3.63, 3.8) is 0 Å². The molecule has 1 fully saturated rings. The molecule has 1 amide bonds. The van der Waals surface area contributed by atoms with Gasteiger partial charge < -0.3 is 24.1 Å². The standard InChI is InChI=1S/C28H32N4O4/c1-28(2,3)36-27(33)32-11-7-19(17-32)24-15-23-22(6-10-30-26(23)31-24)18-4-5-25(20(14-18)16-29)35-21-8-12-34-13-9-21/h5-7,10,14-15,18,21H,4,8-9,11-13,17H2,1-3H3,(H,30,31)/t18-/m1/s1. The van der Waals surface area contributed by atoms with Crippen molar-refractivity contribution in [1.82, 2.24) is 14.9 Å². The van der Waals surface area contributed by atoms with Gasteiger partial charge in [0.05, 0.1) is 25.3 Å². The van der Waals surface area contributed by atoms with Crippen LogP contribution in [0.1, 0.15) is 57.2 Å². The molecule has 0 aromatic carbocycles. The van der Waals surface area contributed by atoms with E-state index in [0.717, 1.165) is 47.1 Å². The van der Waals surface area contributed by atoms with E-state index in [9.17, 15) is 10.1 Å². The molecule has 0 bridgehead atoms. The van der Waals surface area contributed by atoms with Crippen LogP contribution in [0.15, 0.2) is 47.9 Å². The number of aromatic nitrogens is 2. The lowest BCUT2D eigenvalue weighted by Gasteiger charge is -2.27. The molecule has 8 heteroatoms. The van der Waals surface area contributed by atoms with Crippen LogP contribution in [0, 0.1) is 11.3 Å². The molecule has 2 aromatic heterocycles. The van der Waals surface area contributed by atoms with Gasteiger partial charge in [0.1, 0.15) is 29.2 Å². The highest BCUT2D eigenvalue weighted by Crippen LogP contribution is 2.36.